The summed E-state index contributed by atoms with van der Waals surface area (Å²) in [6.45, 7) is 3.98. The van der Waals surface area contributed by atoms with Crippen LogP contribution in [0.2, 0.25) is 0 Å². The Labute approximate surface area is 102 Å². The van der Waals surface area contributed by atoms with E-state index in [1.165, 1.54) is 12.8 Å². The number of carbonyl (C=O) groups is 1. The summed E-state index contributed by atoms with van der Waals surface area (Å²) in [5.41, 5.74) is 0.462. The molecular weight excluding hydrogens is 218 g/mol. The minimum atomic E-state index is -0.644. The highest BCUT2D eigenvalue weighted by Gasteiger charge is 2.49. The Bertz CT molecular complexity index is 300. The Morgan fingerprint density at radius 2 is 2.00 bits per heavy atom. The summed E-state index contributed by atoms with van der Waals surface area (Å²) in [5.74, 6) is 0.0121. The molecule has 0 aromatic rings. The number of rotatable bonds is 4. The van der Waals surface area contributed by atoms with Crippen molar-refractivity contribution in [3.63, 3.8) is 0 Å². The smallest absolute Gasteiger partial charge is 0.304 e. The molecule has 1 saturated carbocycles. The molecule has 3 rings (SSSR count). The monoisotopic (exact) mass is 239 g/mol. The molecule has 1 spiro atoms. The van der Waals surface area contributed by atoms with Gasteiger partial charge in [-0.2, -0.15) is 0 Å². The van der Waals surface area contributed by atoms with Gasteiger partial charge in [-0.15, -0.1) is 0 Å². The van der Waals surface area contributed by atoms with Gasteiger partial charge in [0.1, 0.15) is 0 Å². The predicted octanol–water partition coefficient (Wildman–Crippen LogP) is 1.35. The van der Waals surface area contributed by atoms with E-state index in [9.17, 15) is 4.79 Å². The number of nitrogens with zero attached hydrogens (tertiary/aromatic N) is 1. The summed E-state index contributed by atoms with van der Waals surface area (Å²) in [7, 11) is 0. The van der Waals surface area contributed by atoms with Crippen LogP contribution in [0.4, 0.5) is 0 Å². The van der Waals surface area contributed by atoms with Crippen molar-refractivity contribution >= 4 is 5.97 Å². The quantitative estimate of drug-likeness (QED) is 0.804. The molecule has 3 fully saturated rings. The van der Waals surface area contributed by atoms with Gasteiger partial charge >= 0.3 is 5.97 Å². The second kappa shape index (κ2) is 4.25. The third-order valence-corrected chi connectivity index (χ3v) is 4.65. The highest BCUT2D eigenvalue weighted by atomic mass is 16.5. The number of hydrogen-bond donors (Lipinski definition) is 1. The van der Waals surface area contributed by atoms with Gasteiger partial charge in [-0.3, -0.25) is 9.69 Å². The Balaban J connectivity index is 1.56. The zero-order valence-electron chi connectivity index (χ0n) is 10.2. The van der Waals surface area contributed by atoms with Crippen LogP contribution in [0.5, 0.6) is 0 Å². The summed E-state index contributed by atoms with van der Waals surface area (Å²) in [4.78, 5) is 13.3. The van der Waals surface area contributed by atoms with Crippen LogP contribution in [0.25, 0.3) is 0 Å². The zero-order chi connectivity index (χ0) is 11.9. The summed E-state index contributed by atoms with van der Waals surface area (Å²) in [6, 6.07) is 0.306. The van der Waals surface area contributed by atoms with Crippen molar-refractivity contribution in [1.29, 1.82) is 0 Å². The normalized spacial score (nSPS) is 29.9. The van der Waals surface area contributed by atoms with E-state index in [-0.39, 0.29) is 0 Å². The van der Waals surface area contributed by atoms with Gasteiger partial charge in [-0.25, -0.2) is 0 Å². The fourth-order valence-corrected chi connectivity index (χ4v) is 3.42. The van der Waals surface area contributed by atoms with Gasteiger partial charge in [-0.1, -0.05) is 0 Å². The molecule has 4 nitrogen and oxygen atoms in total. The van der Waals surface area contributed by atoms with E-state index in [4.69, 9.17) is 9.84 Å². The van der Waals surface area contributed by atoms with Crippen molar-refractivity contribution in [1.82, 2.24) is 4.90 Å². The third kappa shape index (κ3) is 2.33. The van der Waals surface area contributed by atoms with Gasteiger partial charge in [0.25, 0.3) is 0 Å². The van der Waals surface area contributed by atoms with Gasteiger partial charge in [0.05, 0.1) is 6.42 Å². The topological polar surface area (TPSA) is 49.8 Å². The third-order valence-electron chi connectivity index (χ3n) is 4.65. The standard InChI is InChI=1S/C13H21NO3/c15-12(16)7-11(10-1-2-10)14-8-13(9-14)3-5-17-6-4-13/h10-11H,1-9H2,(H,15,16). The second-order valence-electron chi connectivity index (χ2n) is 6.02. The van der Waals surface area contributed by atoms with Gasteiger partial charge in [0, 0.05) is 37.8 Å². The summed E-state index contributed by atoms with van der Waals surface area (Å²) < 4.78 is 5.41. The van der Waals surface area contributed by atoms with Crippen LogP contribution in [0.3, 0.4) is 0 Å². The Kier molecular flexibility index (Phi) is 2.87. The largest absolute Gasteiger partial charge is 0.481 e. The summed E-state index contributed by atoms with van der Waals surface area (Å²) in [5, 5.41) is 8.98. The molecule has 3 aliphatic rings. The van der Waals surface area contributed by atoms with E-state index < -0.39 is 5.97 Å². The lowest BCUT2D eigenvalue weighted by molar-refractivity contribution is -0.143. The number of ether oxygens (including phenoxy) is 1. The number of carboxylic acids is 1. The molecule has 2 saturated heterocycles. The van der Waals surface area contributed by atoms with Gasteiger partial charge in [0.15, 0.2) is 0 Å². The maximum Gasteiger partial charge on any atom is 0.304 e. The van der Waals surface area contributed by atoms with Crippen molar-refractivity contribution in [2.24, 2.45) is 11.3 Å². The molecular formula is C13H21NO3. The average Bonchev–Trinajstić information content (AvgIpc) is 3.07. The van der Waals surface area contributed by atoms with Crippen LogP contribution >= 0.6 is 0 Å². The highest BCUT2D eigenvalue weighted by molar-refractivity contribution is 5.67. The maximum atomic E-state index is 10.9. The maximum absolute atomic E-state index is 10.9. The van der Waals surface area contributed by atoms with Crippen LogP contribution < -0.4 is 0 Å². The minimum absolute atomic E-state index is 0.306. The van der Waals surface area contributed by atoms with Crippen molar-refractivity contribution in [2.45, 2.75) is 38.1 Å². The van der Waals surface area contributed by atoms with Crippen molar-refractivity contribution in [2.75, 3.05) is 26.3 Å². The molecule has 2 aliphatic heterocycles. The molecule has 1 atom stereocenters. The first kappa shape index (κ1) is 11.5. The first-order valence-corrected chi connectivity index (χ1v) is 6.72. The van der Waals surface area contributed by atoms with E-state index in [0.29, 0.717) is 23.8 Å². The van der Waals surface area contributed by atoms with E-state index in [1.807, 2.05) is 0 Å². The molecule has 0 amide bonds. The first-order valence-electron chi connectivity index (χ1n) is 6.72. The molecule has 4 heteroatoms. The molecule has 2 heterocycles. The molecule has 0 radical (unpaired) electrons. The molecule has 1 unspecified atom stereocenters. The number of aliphatic carboxylic acids is 1. The lowest BCUT2D eigenvalue weighted by Crippen LogP contribution is -2.62. The molecule has 0 aromatic carbocycles. The minimum Gasteiger partial charge on any atom is -0.481 e. The Morgan fingerprint density at radius 1 is 1.35 bits per heavy atom. The van der Waals surface area contributed by atoms with Crippen LogP contribution in [0.15, 0.2) is 0 Å². The molecule has 1 N–H and O–H groups in total. The number of carboxylic acid groups (broad SMARTS) is 1. The molecule has 1 aliphatic carbocycles. The molecule has 96 valence electrons. The SMILES string of the molecule is O=C(O)CC(C1CC1)N1CC2(CCOCC2)C1. The van der Waals surface area contributed by atoms with Gasteiger partial charge in [0.2, 0.25) is 0 Å². The first-order chi connectivity index (χ1) is 8.19. The molecule has 0 aromatic heterocycles. The fraction of sp³-hybridized carbons (Fsp3) is 0.923. The number of likely N-dealkylation sites (tertiary alicyclic amines) is 1. The van der Waals surface area contributed by atoms with Crippen molar-refractivity contribution in [3.8, 4) is 0 Å². The van der Waals surface area contributed by atoms with Gasteiger partial charge < -0.3 is 9.84 Å². The Hall–Kier alpha value is -0.610. The zero-order valence-corrected chi connectivity index (χ0v) is 10.2. The average molecular weight is 239 g/mol. The van der Waals surface area contributed by atoms with Crippen LogP contribution in [0, 0.1) is 11.3 Å². The van der Waals surface area contributed by atoms with Gasteiger partial charge in [-0.05, 0) is 31.6 Å². The van der Waals surface area contributed by atoms with Crippen LogP contribution in [0.1, 0.15) is 32.1 Å². The van der Waals surface area contributed by atoms with Crippen molar-refractivity contribution in [3.05, 3.63) is 0 Å². The molecule has 0 bridgehead atoms. The van der Waals surface area contributed by atoms with E-state index >= 15 is 0 Å². The molecule has 17 heavy (non-hydrogen) atoms. The Morgan fingerprint density at radius 3 is 2.53 bits per heavy atom. The predicted molar refractivity (Wildman–Crippen MR) is 62.8 cm³/mol. The number of hydrogen-bond acceptors (Lipinski definition) is 3. The highest BCUT2D eigenvalue weighted by Crippen LogP contribution is 2.46. The second-order valence-corrected chi connectivity index (χ2v) is 6.02. The summed E-state index contributed by atoms with van der Waals surface area (Å²) >= 11 is 0. The van der Waals surface area contributed by atoms with E-state index in [0.717, 1.165) is 39.1 Å². The van der Waals surface area contributed by atoms with E-state index in [1.54, 1.807) is 0 Å². The lowest BCUT2D eigenvalue weighted by atomic mass is 9.72. The summed E-state index contributed by atoms with van der Waals surface area (Å²) in [6.07, 6.45) is 5.11. The fourth-order valence-electron chi connectivity index (χ4n) is 3.42. The van der Waals surface area contributed by atoms with Crippen molar-refractivity contribution < 1.29 is 14.6 Å². The van der Waals surface area contributed by atoms with Crippen LogP contribution in [-0.4, -0.2) is 48.3 Å². The van der Waals surface area contributed by atoms with Crippen LogP contribution in [-0.2, 0) is 9.53 Å². The van der Waals surface area contributed by atoms with E-state index in [2.05, 4.69) is 4.90 Å². The lowest BCUT2D eigenvalue weighted by Gasteiger charge is -2.55.